The molecular formula is C19H19BrClNO2S. The van der Waals surface area contributed by atoms with Crippen LogP contribution in [-0.2, 0) is 11.3 Å². The number of ether oxygens (including phenoxy) is 2. The molecule has 0 aromatic heterocycles. The summed E-state index contributed by atoms with van der Waals surface area (Å²) in [7, 11) is 0. The van der Waals surface area contributed by atoms with E-state index in [1.54, 1.807) is 0 Å². The maximum absolute atomic E-state index is 6.20. The van der Waals surface area contributed by atoms with Crippen molar-refractivity contribution in [2.45, 2.75) is 25.6 Å². The van der Waals surface area contributed by atoms with Crippen LogP contribution in [0, 0.1) is 0 Å². The average Bonchev–Trinajstić information content (AvgIpc) is 3.13. The molecule has 3 nitrogen and oxygen atoms in total. The lowest BCUT2D eigenvalue weighted by Gasteiger charge is -2.16. The van der Waals surface area contributed by atoms with Gasteiger partial charge < -0.3 is 14.8 Å². The fourth-order valence-corrected chi connectivity index (χ4v) is 3.48. The molecule has 1 aliphatic rings. The molecular weight excluding hydrogens is 422 g/mol. The zero-order chi connectivity index (χ0) is 17.6. The van der Waals surface area contributed by atoms with Crippen molar-refractivity contribution >= 4 is 44.7 Å². The first-order chi connectivity index (χ1) is 12.1. The van der Waals surface area contributed by atoms with Crippen LogP contribution in [0.15, 0.2) is 46.9 Å². The average molecular weight is 441 g/mol. The Kier molecular flexibility index (Phi) is 6.70. The Bertz CT molecular complexity index is 750. The topological polar surface area (TPSA) is 30.5 Å². The molecule has 6 heteroatoms. The lowest BCUT2D eigenvalue weighted by atomic mass is 10.2. The molecule has 3 rings (SSSR count). The molecule has 0 spiro atoms. The van der Waals surface area contributed by atoms with Crippen LogP contribution in [0.3, 0.4) is 0 Å². The quantitative estimate of drug-likeness (QED) is 0.631. The minimum Gasteiger partial charge on any atom is -0.488 e. The summed E-state index contributed by atoms with van der Waals surface area (Å²) in [6.07, 6.45) is 2.42. The molecule has 1 saturated heterocycles. The largest absolute Gasteiger partial charge is 0.488 e. The van der Waals surface area contributed by atoms with Crippen molar-refractivity contribution in [1.29, 1.82) is 0 Å². The van der Waals surface area contributed by atoms with Crippen molar-refractivity contribution in [1.82, 2.24) is 5.32 Å². The van der Waals surface area contributed by atoms with Gasteiger partial charge in [-0.15, -0.1) is 0 Å². The molecule has 1 aliphatic heterocycles. The lowest BCUT2D eigenvalue weighted by molar-refractivity contribution is 0.114. The van der Waals surface area contributed by atoms with Crippen LogP contribution in [0.5, 0.6) is 5.75 Å². The Morgan fingerprint density at radius 3 is 2.92 bits per heavy atom. The fourth-order valence-electron chi connectivity index (χ4n) is 2.68. The third-order valence-electron chi connectivity index (χ3n) is 4.04. The molecule has 1 N–H and O–H groups in total. The predicted octanol–water partition coefficient (Wildman–Crippen LogP) is 5.13. The molecule has 2 aromatic rings. The van der Waals surface area contributed by atoms with Crippen LogP contribution in [0.25, 0.3) is 0 Å². The first-order valence-corrected chi connectivity index (χ1v) is 9.77. The zero-order valence-electron chi connectivity index (χ0n) is 13.6. The number of thiocarbonyl (C=S) groups is 1. The maximum Gasteiger partial charge on any atom is 0.130 e. The first kappa shape index (κ1) is 18.6. The van der Waals surface area contributed by atoms with Crippen LogP contribution < -0.4 is 10.1 Å². The first-order valence-electron chi connectivity index (χ1n) is 8.19. The third-order valence-corrected chi connectivity index (χ3v) is 5.27. The summed E-state index contributed by atoms with van der Waals surface area (Å²) < 4.78 is 12.6. The highest BCUT2D eigenvalue weighted by molar-refractivity contribution is 9.10. The molecule has 0 amide bonds. The van der Waals surface area contributed by atoms with Crippen molar-refractivity contribution in [3.05, 3.63) is 63.1 Å². The summed E-state index contributed by atoms with van der Waals surface area (Å²) in [5.74, 6) is 0.730. The minimum atomic E-state index is 0.234. The second kappa shape index (κ2) is 8.99. The number of benzene rings is 2. The third kappa shape index (κ3) is 5.17. The number of hydrogen-bond donors (Lipinski definition) is 1. The molecule has 0 bridgehead atoms. The van der Waals surface area contributed by atoms with E-state index in [9.17, 15) is 0 Å². The van der Waals surface area contributed by atoms with Gasteiger partial charge in [0.25, 0.3) is 0 Å². The van der Waals surface area contributed by atoms with E-state index in [2.05, 4.69) is 21.2 Å². The molecule has 0 radical (unpaired) electrons. The van der Waals surface area contributed by atoms with Crippen LogP contribution in [0.2, 0.25) is 5.02 Å². The van der Waals surface area contributed by atoms with Gasteiger partial charge in [-0.1, -0.05) is 57.9 Å². The predicted molar refractivity (Wildman–Crippen MR) is 109 cm³/mol. The van der Waals surface area contributed by atoms with E-state index in [0.29, 0.717) is 16.6 Å². The summed E-state index contributed by atoms with van der Waals surface area (Å²) in [4.78, 5) is 0.658. The van der Waals surface area contributed by atoms with Crippen LogP contribution in [0.4, 0.5) is 0 Å². The monoisotopic (exact) mass is 439 g/mol. The number of halogens is 2. The summed E-state index contributed by atoms with van der Waals surface area (Å²) >= 11 is 15.3. The van der Waals surface area contributed by atoms with Gasteiger partial charge in [0.05, 0.1) is 11.7 Å². The molecule has 0 aliphatic carbocycles. The van der Waals surface area contributed by atoms with Gasteiger partial charge in [-0.05, 0) is 37.1 Å². The van der Waals surface area contributed by atoms with Crippen molar-refractivity contribution in [2.75, 3.05) is 13.2 Å². The maximum atomic E-state index is 6.20. The molecule has 1 fully saturated rings. The summed E-state index contributed by atoms with van der Waals surface area (Å²) in [6, 6.07) is 13.5. The second-order valence-corrected chi connectivity index (χ2v) is 7.60. The molecule has 1 atom stereocenters. The van der Waals surface area contributed by atoms with Crippen molar-refractivity contribution < 1.29 is 9.47 Å². The lowest BCUT2D eigenvalue weighted by Crippen LogP contribution is -2.31. The van der Waals surface area contributed by atoms with E-state index in [-0.39, 0.29) is 6.10 Å². The van der Waals surface area contributed by atoms with Gasteiger partial charge in [0.1, 0.15) is 17.3 Å². The standard InChI is InChI=1S/C19H19BrClNO2S/c20-14-7-8-18(24-12-13-4-1-2-6-17(13)21)16(10-14)19(25)22-11-15-5-3-9-23-15/h1-2,4,6-8,10,15H,3,5,9,11-12H2,(H,22,25)/t15-/m0/s1. The fraction of sp³-hybridized carbons (Fsp3) is 0.316. The van der Waals surface area contributed by atoms with Gasteiger partial charge in [-0.2, -0.15) is 0 Å². The van der Waals surface area contributed by atoms with Crippen molar-refractivity contribution in [3.63, 3.8) is 0 Å². The summed E-state index contributed by atoms with van der Waals surface area (Å²) in [5, 5.41) is 3.99. The number of nitrogens with one attached hydrogen (secondary N) is 1. The van der Waals surface area contributed by atoms with E-state index in [1.807, 2.05) is 42.5 Å². The molecule has 0 saturated carbocycles. The Balaban J connectivity index is 1.68. The van der Waals surface area contributed by atoms with Gasteiger partial charge in [0.2, 0.25) is 0 Å². The van der Waals surface area contributed by atoms with Crippen LogP contribution >= 0.6 is 39.7 Å². The number of rotatable bonds is 6. The van der Waals surface area contributed by atoms with Gasteiger partial charge in [-0.25, -0.2) is 0 Å². The second-order valence-electron chi connectivity index (χ2n) is 5.87. The van der Waals surface area contributed by atoms with Crippen LogP contribution in [0.1, 0.15) is 24.0 Å². The molecule has 132 valence electrons. The van der Waals surface area contributed by atoms with E-state index >= 15 is 0 Å². The SMILES string of the molecule is S=C(NC[C@@H]1CCCO1)c1cc(Br)ccc1OCc1ccccc1Cl. The van der Waals surface area contributed by atoms with E-state index in [4.69, 9.17) is 33.3 Å². The minimum absolute atomic E-state index is 0.234. The highest BCUT2D eigenvalue weighted by atomic mass is 79.9. The molecule has 2 aromatic carbocycles. The highest BCUT2D eigenvalue weighted by Gasteiger charge is 2.17. The Morgan fingerprint density at radius 1 is 1.32 bits per heavy atom. The van der Waals surface area contributed by atoms with Gasteiger partial charge in [0.15, 0.2) is 0 Å². The van der Waals surface area contributed by atoms with E-state index in [0.717, 1.165) is 47.3 Å². The van der Waals surface area contributed by atoms with Crippen molar-refractivity contribution in [2.24, 2.45) is 0 Å². The summed E-state index contributed by atoms with van der Waals surface area (Å²) in [6.45, 7) is 1.94. The van der Waals surface area contributed by atoms with Gasteiger partial charge >= 0.3 is 0 Å². The Hall–Kier alpha value is -1.14. The number of hydrogen-bond acceptors (Lipinski definition) is 3. The highest BCUT2D eigenvalue weighted by Crippen LogP contribution is 2.26. The van der Waals surface area contributed by atoms with Crippen molar-refractivity contribution in [3.8, 4) is 5.75 Å². The van der Waals surface area contributed by atoms with Gasteiger partial charge in [-0.3, -0.25) is 0 Å². The Labute approximate surface area is 166 Å². The molecule has 1 heterocycles. The van der Waals surface area contributed by atoms with Gasteiger partial charge in [0, 0.05) is 28.2 Å². The van der Waals surface area contributed by atoms with E-state index < -0.39 is 0 Å². The summed E-state index contributed by atoms with van der Waals surface area (Å²) in [5.41, 5.74) is 1.80. The zero-order valence-corrected chi connectivity index (χ0v) is 16.8. The Morgan fingerprint density at radius 2 is 2.16 bits per heavy atom. The normalized spacial score (nSPS) is 16.6. The van der Waals surface area contributed by atoms with Crippen LogP contribution in [-0.4, -0.2) is 24.2 Å². The molecule has 0 unspecified atom stereocenters. The van der Waals surface area contributed by atoms with E-state index in [1.165, 1.54) is 0 Å². The molecule has 25 heavy (non-hydrogen) atoms. The smallest absolute Gasteiger partial charge is 0.130 e.